The lowest BCUT2D eigenvalue weighted by atomic mass is 9.74. The third kappa shape index (κ3) is 3.48. The summed E-state index contributed by atoms with van der Waals surface area (Å²) in [6, 6.07) is 0. The number of allylic oxidation sites excluding steroid dienone is 2. The first kappa shape index (κ1) is 13.4. The van der Waals surface area contributed by atoms with E-state index in [0.29, 0.717) is 0 Å². The molecule has 1 aliphatic heterocycles. The Balaban J connectivity index is 1.96. The average molecular weight is 257 g/mol. The minimum atomic E-state index is 0.233. The van der Waals surface area contributed by atoms with E-state index in [-0.39, 0.29) is 5.60 Å². The molecule has 17 heavy (non-hydrogen) atoms. The van der Waals surface area contributed by atoms with Crippen LogP contribution in [0.2, 0.25) is 0 Å². The number of hydrogen-bond donors (Lipinski definition) is 0. The number of rotatable bonds is 3. The second kappa shape index (κ2) is 6.24. The Morgan fingerprint density at radius 2 is 2.12 bits per heavy atom. The zero-order valence-electron chi connectivity index (χ0n) is 11.0. The fourth-order valence-electron chi connectivity index (χ4n) is 3.41. The number of halogens is 1. The third-order valence-electron chi connectivity index (χ3n) is 4.48. The van der Waals surface area contributed by atoms with Gasteiger partial charge in [-0.05, 0) is 44.9 Å². The normalized spacial score (nSPS) is 29.5. The smallest absolute Gasteiger partial charge is 0.0688 e. The summed E-state index contributed by atoms with van der Waals surface area (Å²) in [7, 11) is 0. The first-order valence-electron chi connectivity index (χ1n) is 7.12. The Bertz CT molecular complexity index is 261. The third-order valence-corrected chi connectivity index (χ3v) is 4.70. The van der Waals surface area contributed by atoms with Crippen molar-refractivity contribution in [2.24, 2.45) is 5.92 Å². The lowest BCUT2D eigenvalue weighted by Crippen LogP contribution is -2.41. The van der Waals surface area contributed by atoms with E-state index in [1.54, 1.807) is 5.57 Å². The van der Waals surface area contributed by atoms with Crippen LogP contribution >= 0.6 is 11.6 Å². The highest BCUT2D eigenvalue weighted by Crippen LogP contribution is 2.42. The summed E-state index contributed by atoms with van der Waals surface area (Å²) in [4.78, 5) is 0. The van der Waals surface area contributed by atoms with Crippen molar-refractivity contribution in [3.63, 3.8) is 0 Å². The molecule has 0 bridgehead atoms. The minimum Gasteiger partial charge on any atom is -0.375 e. The van der Waals surface area contributed by atoms with Gasteiger partial charge in [-0.25, -0.2) is 0 Å². The van der Waals surface area contributed by atoms with Gasteiger partial charge in [-0.15, -0.1) is 11.6 Å². The van der Waals surface area contributed by atoms with Gasteiger partial charge in [0.2, 0.25) is 0 Å². The van der Waals surface area contributed by atoms with Crippen molar-refractivity contribution in [2.45, 2.75) is 63.9 Å². The Hall–Kier alpha value is -0.0100. The molecule has 0 amide bonds. The molecule has 2 heteroatoms. The van der Waals surface area contributed by atoms with Crippen LogP contribution in [0.3, 0.4) is 0 Å². The van der Waals surface area contributed by atoms with Gasteiger partial charge in [0.25, 0.3) is 0 Å². The number of ether oxygens (including phenoxy) is 1. The highest BCUT2D eigenvalue weighted by Gasteiger charge is 2.38. The molecule has 1 unspecified atom stereocenters. The van der Waals surface area contributed by atoms with Crippen molar-refractivity contribution >= 4 is 11.6 Å². The molecule has 0 aromatic heterocycles. The van der Waals surface area contributed by atoms with Gasteiger partial charge in [0.15, 0.2) is 0 Å². The fourth-order valence-corrected chi connectivity index (χ4v) is 3.52. The monoisotopic (exact) mass is 256 g/mol. The molecule has 1 aliphatic carbocycles. The lowest BCUT2D eigenvalue weighted by molar-refractivity contribution is -0.112. The van der Waals surface area contributed by atoms with Crippen LogP contribution in [0.5, 0.6) is 0 Å². The van der Waals surface area contributed by atoms with E-state index in [2.05, 4.69) is 13.0 Å². The minimum absolute atomic E-state index is 0.233. The molecule has 1 saturated heterocycles. The molecule has 0 aromatic rings. The van der Waals surface area contributed by atoms with E-state index < -0.39 is 0 Å². The van der Waals surface area contributed by atoms with Crippen molar-refractivity contribution in [2.75, 3.05) is 12.5 Å². The summed E-state index contributed by atoms with van der Waals surface area (Å²) in [6.45, 7) is 3.23. The molecule has 98 valence electrons. The molecular formula is C15H25ClO. The quantitative estimate of drug-likeness (QED) is 0.526. The first-order chi connectivity index (χ1) is 8.26. The second-order valence-corrected chi connectivity index (χ2v) is 6.09. The molecule has 0 aromatic carbocycles. The van der Waals surface area contributed by atoms with Crippen LogP contribution in [-0.2, 0) is 4.74 Å². The van der Waals surface area contributed by atoms with E-state index >= 15 is 0 Å². The number of alkyl halides is 1. The maximum atomic E-state index is 6.14. The van der Waals surface area contributed by atoms with Gasteiger partial charge in [0, 0.05) is 12.5 Å². The molecule has 1 atom stereocenters. The van der Waals surface area contributed by atoms with Crippen LogP contribution in [0, 0.1) is 5.92 Å². The van der Waals surface area contributed by atoms with Gasteiger partial charge < -0.3 is 4.74 Å². The standard InChI is InChI=1S/C15H25ClO/c1-13(6-5-10-16)14-7-11-17-15(12-14)8-3-2-4-9-15/h6,14H,2-5,7-12H2,1H3. The van der Waals surface area contributed by atoms with E-state index in [1.165, 1.54) is 44.9 Å². The summed E-state index contributed by atoms with van der Waals surface area (Å²) < 4.78 is 6.14. The summed E-state index contributed by atoms with van der Waals surface area (Å²) in [6.07, 6.45) is 12.5. The molecular weight excluding hydrogens is 232 g/mol. The highest BCUT2D eigenvalue weighted by molar-refractivity contribution is 6.17. The summed E-state index contributed by atoms with van der Waals surface area (Å²) >= 11 is 5.76. The maximum Gasteiger partial charge on any atom is 0.0688 e. The topological polar surface area (TPSA) is 9.23 Å². The summed E-state index contributed by atoms with van der Waals surface area (Å²) in [5, 5.41) is 0. The predicted molar refractivity (Wildman–Crippen MR) is 73.6 cm³/mol. The van der Waals surface area contributed by atoms with Crippen molar-refractivity contribution < 1.29 is 4.74 Å². The Kier molecular flexibility index (Phi) is 4.93. The van der Waals surface area contributed by atoms with E-state index in [4.69, 9.17) is 16.3 Å². The SMILES string of the molecule is CC(=CCCCl)C1CCOC2(CCCCC2)C1. The van der Waals surface area contributed by atoms with Crippen molar-refractivity contribution in [1.82, 2.24) is 0 Å². The van der Waals surface area contributed by atoms with Gasteiger partial charge in [-0.1, -0.05) is 30.9 Å². The number of hydrogen-bond acceptors (Lipinski definition) is 1. The van der Waals surface area contributed by atoms with Crippen molar-refractivity contribution in [3.05, 3.63) is 11.6 Å². The average Bonchev–Trinajstić information content (AvgIpc) is 2.37. The highest BCUT2D eigenvalue weighted by atomic mass is 35.5. The molecule has 2 fully saturated rings. The van der Waals surface area contributed by atoms with Crippen LogP contribution in [0.4, 0.5) is 0 Å². The fraction of sp³-hybridized carbons (Fsp3) is 0.867. The van der Waals surface area contributed by atoms with Gasteiger partial charge in [-0.2, -0.15) is 0 Å². The van der Waals surface area contributed by atoms with E-state index in [0.717, 1.165) is 24.8 Å². The molecule has 1 heterocycles. The molecule has 0 radical (unpaired) electrons. The van der Waals surface area contributed by atoms with Crippen molar-refractivity contribution in [3.8, 4) is 0 Å². The zero-order chi connectivity index (χ0) is 12.1. The molecule has 0 N–H and O–H groups in total. The molecule has 1 nitrogen and oxygen atoms in total. The van der Waals surface area contributed by atoms with Crippen molar-refractivity contribution in [1.29, 1.82) is 0 Å². The van der Waals surface area contributed by atoms with Gasteiger partial charge in [0.1, 0.15) is 0 Å². The molecule has 1 saturated carbocycles. The zero-order valence-corrected chi connectivity index (χ0v) is 11.8. The van der Waals surface area contributed by atoms with Crippen LogP contribution in [0.25, 0.3) is 0 Å². The lowest BCUT2D eigenvalue weighted by Gasteiger charge is -2.44. The van der Waals surface area contributed by atoms with Gasteiger partial charge in [0.05, 0.1) is 5.60 Å². The summed E-state index contributed by atoms with van der Waals surface area (Å²) in [5.74, 6) is 1.48. The molecule has 1 spiro atoms. The van der Waals surface area contributed by atoms with E-state index in [1.807, 2.05) is 0 Å². The maximum absolute atomic E-state index is 6.14. The Morgan fingerprint density at radius 1 is 1.35 bits per heavy atom. The molecule has 2 aliphatic rings. The van der Waals surface area contributed by atoms with E-state index in [9.17, 15) is 0 Å². The first-order valence-corrected chi connectivity index (χ1v) is 7.66. The molecule has 2 rings (SSSR count). The van der Waals surface area contributed by atoms with Crippen LogP contribution < -0.4 is 0 Å². The second-order valence-electron chi connectivity index (χ2n) is 5.71. The summed E-state index contributed by atoms with van der Waals surface area (Å²) in [5.41, 5.74) is 1.77. The van der Waals surface area contributed by atoms with Crippen LogP contribution in [0.15, 0.2) is 11.6 Å². The predicted octanol–water partition coefficient (Wildman–Crippen LogP) is 4.69. The van der Waals surface area contributed by atoms with Crippen LogP contribution in [0.1, 0.15) is 58.3 Å². The largest absolute Gasteiger partial charge is 0.375 e. The Morgan fingerprint density at radius 3 is 2.82 bits per heavy atom. The Labute approximate surface area is 111 Å². The van der Waals surface area contributed by atoms with Gasteiger partial charge >= 0.3 is 0 Å². The van der Waals surface area contributed by atoms with Gasteiger partial charge in [-0.3, -0.25) is 0 Å². The van der Waals surface area contributed by atoms with Crippen LogP contribution in [-0.4, -0.2) is 18.1 Å².